The van der Waals surface area contributed by atoms with E-state index >= 15 is 0 Å². The summed E-state index contributed by atoms with van der Waals surface area (Å²) >= 11 is 0. The van der Waals surface area contributed by atoms with Crippen LogP contribution in [0.4, 0.5) is 0 Å². The Morgan fingerprint density at radius 1 is 1.26 bits per heavy atom. The molecule has 0 aromatic heterocycles. The van der Waals surface area contributed by atoms with E-state index in [1.54, 1.807) is 0 Å². The fourth-order valence-corrected chi connectivity index (χ4v) is 2.99. The molecule has 0 saturated carbocycles. The average Bonchev–Trinajstić information content (AvgIpc) is 2.46. The van der Waals surface area contributed by atoms with Crippen molar-refractivity contribution in [1.29, 1.82) is 0 Å². The summed E-state index contributed by atoms with van der Waals surface area (Å²) in [6.45, 7) is 5.82. The van der Waals surface area contributed by atoms with E-state index < -0.39 is 0 Å². The van der Waals surface area contributed by atoms with Gasteiger partial charge in [0, 0.05) is 24.7 Å². The predicted octanol–water partition coefficient (Wildman–Crippen LogP) is 2.53. The molecule has 3 N–H and O–H groups in total. The Morgan fingerprint density at radius 3 is 2.42 bits per heavy atom. The van der Waals surface area contributed by atoms with Crippen LogP contribution in [0, 0.1) is 0 Å². The minimum absolute atomic E-state index is 0.0333. The van der Waals surface area contributed by atoms with Crippen molar-refractivity contribution in [1.82, 2.24) is 5.43 Å². The molecule has 1 heterocycles. The first-order valence-corrected chi connectivity index (χ1v) is 6.93. The molecule has 3 heteroatoms. The van der Waals surface area contributed by atoms with Gasteiger partial charge in [0.25, 0.3) is 0 Å². The minimum Gasteiger partial charge on any atom is -0.381 e. The normalized spacial score (nSPS) is 19.7. The second-order valence-electron chi connectivity index (χ2n) is 5.52. The van der Waals surface area contributed by atoms with E-state index in [0.717, 1.165) is 26.1 Å². The summed E-state index contributed by atoms with van der Waals surface area (Å²) in [4.78, 5) is 0. The number of nitrogens with one attached hydrogen (secondary N) is 1. The van der Waals surface area contributed by atoms with Crippen LogP contribution in [0.3, 0.4) is 0 Å². The van der Waals surface area contributed by atoms with Crippen LogP contribution < -0.4 is 11.3 Å². The lowest BCUT2D eigenvalue weighted by molar-refractivity contribution is 0.0408. The van der Waals surface area contributed by atoms with Gasteiger partial charge < -0.3 is 4.74 Å². The number of hydrogen-bond acceptors (Lipinski definition) is 3. The fourth-order valence-electron chi connectivity index (χ4n) is 2.99. The van der Waals surface area contributed by atoms with E-state index in [4.69, 9.17) is 10.6 Å². The van der Waals surface area contributed by atoms with Crippen LogP contribution in [0.5, 0.6) is 0 Å². The fraction of sp³-hybridized carbons (Fsp3) is 0.500. The smallest absolute Gasteiger partial charge is 0.0491 e. The van der Waals surface area contributed by atoms with E-state index in [-0.39, 0.29) is 11.5 Å². The van der Waals surface area contributed by atoms with Crippen LogP contribution in [-0.2, 0) is 10.2 Å². The van der Waals surface area contributed by atoms with Crippen LogP contribution in [0.1, 0.15) is 32.3 Å². The van der Waals surface area contributed by atoms with Gasteiger partial charge in [0.2, 0.25) is 0 Å². The van der Waals surface area contributed by atoms with Crippen LogP contribution in [0.2, 0.25) is 0 Å². The highest BCUT2D eigenvalue weighted by molar-refractivity contribution is 5.31. The van der Waals surface area contributed by atoms with Crippen molar-refractivity contribution in [3.05, 3.63) is 47.5 Å². The Bertz CT molecular complexity index is 418. The highest BCUT2D eigenvalue weighted by Crippen LogP contribution is 2.38. The largest absolute Gasteiger partial charge is 0.381 e. The molecule has 1 aliphatic heterocycles. The second-order valence-corrected chi connectivity index (χ2v) is 5.52. The molecule has 0 radical (unpaired) electrons. The lowest BCUT2D eigenvalue weighted by Crippen LogP contribution is -2.53. The third-order valence-corrected chi connectivity index (χ3v) is 4.01. The molecule has 1 fully saturated rings. The van der Waals surface area contributed by atoms with Crippen LogP contribution in [0.25, 0.3) is 0 Å². The number of nitrogens with two attached hydrogens (primary N) is 1. The molecule has 104 valence electrons. The standard InChI is InChI=1S/C16H24N2O/c1-13(2)12-15(18-17)16(8-10-19-11-9-16)14-6-4-3-5-7-14/h3-7,12,15,18H,8-11,17H2,1-2H3. The van der Waals surface area contributed by atoms with Gasteiger partial charge in [-0.25, -0.2) is 0 Å². The molecular weight excluding hydrogens is 236 g/mol. The van der Waals surface area contributed by atoms with Gasteiger partial charge in [-0.1, -0.05) is 42.0 Å². The van der Waals surface area contributed by atoms with Crippen molar-refractivity contribution in [3.63, 3.8) is 0 Å². The van der Waals surface area contributed by atoms with E-state index in [9.17, 15) is 0 Å². The van der Waals surface area contributed by atoms with Gasteiger partial charge in [-0.05, 0) is 32.3 Å². The van der Waals surface area contributed by atoms with Crippen molar-refractivity contribution < 1.29 is 4.74 Å². The zero-order valence-electron chi connectivity index (χ0n) is 11.9. The lowest BCUT2D eigenvalue weighted by Gasteiger charge is -2.43. The van der Waals surface area contributed by atoms with Gasteiger partial charge in [0.05, 0.1) is 0 Å². The molecule has 3 nitrogen and oxygen atoms in total. The Labute approximate surface area is 115 Å². The Hall–Kier alpha value is -1.16. The van der Waals surface area contributed by atoms with Crippen molar-refractivity contribution in [2.24, 2.45) is 5.84 Å². The third kappa shape index (κ3) is 3.06. The number of hydrogen-bond donors (Lipinski definition) is 2. The van der Waals surface area contributed by atoms with Crippen LogP contribution >= 0.6 is 0 Å². The van der Waals surface area contributed by atoms with Gasteiger partial charge in [0.1, 0.15) is 0 Å². The zero-order valence-corrected chi connectivity index (χ0v) is 11.9. The molecule has 1 saturated heterocycles. The third-order valence-electron chi connectivity index (χ3n) is 4.01. The lowest BCUT2D eigenvalue weighted by atomic mass is 9.68. The SMILES string of the molecule is CC(C)=CC(NN)C1(c2ccccc2)CCOCC1. The second kappa shape index (κ2) is 6.33. The minimum atomic E-state index is 0.0333. The van der Waals surface area contributed by atoms with Crippen molar-refractivity contribution in [2.75, 3.05) is 13.2 Å². The van der Waals surface area contributed by atoms with E-state index in [1.165, 1.54) is 11.1 Å². The maximum Gasteiger partial charge on any atom is 0.0491 e. The molecule has 0 spiro atoms. The monoisotopic (exact) mass is 260 g/mol. The van der Waals surface area contributed by atoms with E-state index in [2.05, 4.69) is 55.7 Å². The van der Waals surface area contributed by atoms with Crippen LogP contribution in [0.15, 0.2) is 42.0 Å². The predicted molar refractivity (Wildman–Crippen MR) is 78.7 cm³/mol. The number of rotatable bonds is 4. The number of ether oxygens (including phenoxy) is 1. The highest BCUT2D eigenvalue weighted by atomic mass is 16.5. The number of benzene rings is 1. The Kier molecular flexibility index (Phi) is 4.75. The number of hydrazine groups is 1. The maximum atomic E-state index is 5.84. The van der Waals surface area contributed by atoms with Gasteiger partial charge in [-0.15, -0.1) is 0 Å². The summed E-state index contributed by atoms with van der Waals surface area (Å²) in [7, 11) is 0. The Balaban J connectivity index is 2.42. The van der Waals surface area contributed by atoms with Crippen molar-refractivity contribution in [2.45, 2.75) is 38.1 Å². The van der Waals surface area contributed by atoms with Crippen molar-refractivity contribution in [3.8, 4) is 0 Å². The molecule has 0 amide bonds. The summed E-state index contributed by atoms with van der Waals surface area (Å²) in [6.07, 6.45) is 4.23. The summed E-state index contributed by atoms with van der Waals surface area (Å²) in [5.41, 5.74) is 5.67. The first-order chi connectivity index (χ1) is 9.19. The average molecular weight is 260 g/mol. The molecule has 1 unspecified atom stereocenters. The Morgan fingerprint density at radius 2 is 1.89 bits per heavy atom. The molecule has 0 aliphatic carbocycles. The highest BCUT2D eigenvalue weighted by Gasteiger charge is 2.40. The first-order valence-electron chi connectivity index (χ1n) is 6.93. The molecule has 1 atom stereocenters. The number of allylic oxidation sites excluding steroid dienone is 1. The summed E-state index contributed by atoms with van der Waals surface area (Å²) in [5, 5.41) is 0. The molecule has 0 bridgehead atoms. The topological polar surface area (TPSA) is 47.3 Å². The zero-order chi connectivity index (χ0) is 13.7. The first kappa shape index (κ1) is 14.3. The summed E-state index contributed by atoms with van der Waals surface area (Å²) < 4.78 is 5.56. The quantitative estimate of drug-likeness (QED) is 0.497. The van der Waals surface area contributed by atoms with Crippen molar-refractivity contribution >= 4 is 0 Å². The summed E-state index contributed by atoms with van der Waals surface area (Å²) in [6, 6.07) is 10.8. The summed E-state index contributed by atoms with van der Waals surface area (Å²) in [5.74, 6) is 5.84. The van der Waals surface area contributed by atoms with E-state index in [1.807, 2.05) is 0 Å². The van der Waals surface area contributed by atoms with Gasteiger partial charge in [0.15, 0.2) is 0 Å². The molecule has 2 rings (SSSR count). The molecule has 1 aliphatic rings. The van der Waals surface area contributed by atoms with Crippen LogP contribution in [-0.4, -0.2) is 19.3 Å². The molecule has 1 aromatic carbocycles. The molecule has 19 heavy (non-hydrogen) atoms. The van der Waals surface area contributed by atoms with E-state index in [0.29, 0.717) is 0 Å². The molecular formula is C16H24N2O. The van der Waals surface area contributed by atoms with Gasteiger partial charge >= 0.3 is 0 Å². The maximum absolute atomic E-state index is 5.84. The molecule has 1 aromatic rings. The van der Waals surface area contributed by atoms with Gasteiger partial charge in [-0.2, -0.15) is 0 Å². The van der Waals surface area contributed by atoms with Gasteiger partial charge in [-0.3, -0.25) is 11.3 Å².